The minimum absolute atomic E-state index is 0.113. The molecule has 2 fully saturated rings. The summed E-state index contributed by atoms with van der Waals surface area (Å²) in [7, 11) is 0. The number of nitrogens with zero attached hydrogens (tertiary/aromatic N) is 2. The lowest BCUT2D eigenvalue weighted by atomic mass is 9.97. The van der Waals surface area contributed by atoms with Gasteiger partial charge in [-0.2, -0.15) is 0 Å². The lowest BCUT2D eigenvalue weighted by Gasteiger charge is -2.33. The highest BCUT2D eigenvalue weighted by atomic mass is 16.5. The molecular formula is C19H29N3O2. The van der Waals surface area contributed by atoms with E-state index in [1.807, 2.05) is 30.3 Å². The Balaban J connectivity index is 1.39. The Morgan fingerprint density at radius 2 is 1.83 bits per heavy atom. The summed E-state index contributed by atoms with van der Waals surface area (Å²) in [6.07, 6.45) is 3.29. The number of hydrogen-bond donors (Lipinski definition) is 1. The molecule has 2 saturated heterocycles. The van der Waals surface area contributed by atoms with Crippen molar-refractivity contribution in [3.05, 3.63) is 30.3 Å². The zero-order valence-corrected chi connectivity index (χ0v) is 14.5. The molecule has 2 heterocycles. The van der Waals surface area contributed by atoms with E-state index >= 15 is 0 Å². The number of amides is 1. The average molecular weight is 331 g/mol. The summed E-state index contributed by atoms with van der Waals surface area (Å²) in [4.78, 5) is 17.4. The predicted octanol–water partition coefficient (Wildman–Crippen LogP) is 2.06. The van der Waals surface area contributed by atoms with Gasteiger partial charge in [0, 0.05) is 25.3 Å². The van der Waals surface area contributed by atoms with Crippen LogP contribution in [0.1, 0.15) is 19.3 Å². The van der Waals surface area contributed by atoms with Gasteiger partial charge < -0.3 is 15.0 Å². The molecule has 1 atom stereocenters. The van der Waals surface area contributed by atoms with Crippen molar-refractivity contribution >= 4 is 11.6 Å². The molecule has 0 spiro atoms. The molecule has 0 bridgehead atoms. The van der Waals surface area contributed by atoms with Gasteiger partial charge in [-0.05, 0) is 51.0 Å². The average Bonchev–Trinajstić information content (AvgIpc) is 2.64. The van der Waals surface area contributed by atoms with E-state index in [0.29, 0.717) is 0 Å². The minimum Gasteiger partial charge on any atom is -0.379 e. The number of ether oxygens (including phenoxy) is 1. The van der Waals surface area contributed by atoms with Crippen molar-refractivity contribution < 1.29 is 9.53 Å². The van der Waals surface area contributed by atoms with E-state index in [1.165, 1.54) is 6.42 Å². The summed E-state index contributed by atoms with van der Waals surface area (Å²) in [5, 5.41) is 3.05. The molecule has 0 saturated carbocycles. The summed E-state index contributed by atoms with van der Waals surface area (Å²) in [6.45, 7) is 8.09. The molecule has 1 aromatic carbocycles. The number of para-hydroxylation sites is 1. The number of piperidine rings is 1. The molecule has 2 aliphatic heterocycles. The molecule has 0 unspecified atom stereocenters. The minimum atomic E-state index is 0.113. The van der Waals surface area contributed by atoms with Gasteiger partial charge in [0.05, 0.1) is 19.1 Å². The molecule has 3 rings (SSSR count). The van der Waals surface area contributed by atoms with E-state index in [9.17, 15) is 4.79 Å². The van der Waals surface area contributed by atoms with E-state index in [1.54, 1.807) is 0 Å². The van der Waals surface area contributed by atoms with Crippen LogP contribution in [0.3, 0.4) is 0 Å². The molecule has 0 aliphatic carbocycles. The maximum atomic E-state index is 12.5. The molecule has 5 nitrogen and oxygen atoms in total. The van der Waals surface area contributed by atoms with Crippen LogP contribution >= 0.6 is 0 Å². The van der Waals surface area contributed by atoms with E-state index in [0.717, 1.165) is 71.0 Å². The van der Waals surface area contributed by atoms with Gasteiger partial charge in [0.2, 0.25) is 5.91 Å². The fraction of sp³-hybridized carbons (Fsp3) is 0.632. The van der Waals surface area contributed by atoms with Gasteiger partial charge in [-0.3, -0.25) is 9.69 Å². The predicted molar refractivity (Wildman–Crippen MR) is 96.1 cm³/mol. The molecule has 1 aromatic rings. The summed E-state index contributed by atoms with van der Waals surface area (Å²) in [6, 6.07) is 9.76. The van der Waals surface area contributed by atoms with Crippen molar-refractivity contribution in [2.75, 3.05) is 57.8 Å². The number of likely N-dealkylation sites (tertiary alicyclic amines) is 1. The number of carbonyl (C=O) groups is 1. The summed E-state index contributed by atoms with van der Waals surface area (Å²) < 4.78 is 5.39. The van der Waals surface area contributed by atoms with Crippen molar-refractivity contribution in [1.29, 1.82) is 0 Å². The number of nitrogens with one attached hydrogen (secondary N) is 1. The lowest BCUT2D eigenvalue weighted by Crippen LogP contribution is -2.42. The second-order valence-electron chi connectivity index (χ2n) is 6.80. The first kappa shape index (κ1) is 17.4. The third-order valence-corrected chi connectivity index (χ3v) is 4.97. The first-order chi connectivity index (χ1) is 11.8. The number of hydrogen-bond acceptors (Lipinski definition) is 4. The third-order valence-electron chi connectivity index (χ3n) is 4.97. The molecule has 5 heteroatoms. The normalized spacial score (nSPS) is 23.1. The van der Waals surface area contributed by atoms with Crippen LogP contribution in [0.4, 0.5) is 5.69 Å². The molecule has 1 amide bonds. The second-order valence-corrected chi connectivity index (χ2v) is 6.80. The Morgan fingerprint density at radius 3 is 2.62 bits per heavy atom. The zero-order valence-electron chi connectivity index (χ0n) is 14.5. The molecule has 1 N–H and O–H groups in total. The van der Waals surface area contributed by atoms with Gasteiger partial charge in [0.25, 0.3) is 0 Å². The first-order valence-corrected chi connectivity index (χ1v) is 9.19. The number of benzene rings is 1. The Bertz CT molecular complexity index is 503. The van der Waals surface area contributed by atoms with Crippen LogP contribution < -0.4 is 5.32 Å². The van der Waals surface area contributed by atoms with Crippen LogP contribution in [-0.2, 0) is 9.53 Å². The monoisotopic (exact) mass is 331 g/mol. The molecule has 132 valence electrons. The van der Waals surface area contributed by atoms with Crippen LogP contribution in [0, 0.1) is 5.92 Å². The highest BCUT2D eigenvalue weighted by molar-refractivity contribution is 5.92. The van der Waals surface area contributed by atoms with Gasteiger partial charge in [0.15, 0.2) is 0 Å². The van der Waals surface area contributed by atoms with Crippen molar-refractivity contribution in [1.82, 2.24) is 9.80 Å². The van der Waals surface area contributed by atoms with Crippen LogP contribution in [0.5, 0.6) is 0 Å². The largest absolute Gasteiger partial charge is 0.379 e. The molecule has 0 aromatic heterocycles. The SMILES string of the molecule is O=C(Nc1ccccc1)[C@H]1CCCN(CCCN2CCOCC2)C1. The number of morpholine rings is 1. The van der Waals surface area contributed by atoms with Crippen LogP contribution in [0.2, 0.25) is 0 Å². The zero-order chi connectivity index (χ0) is 16.6. The van der Waals surface area contributed by atoms with Crippen LogP contribution in [0.25, 0.3) is 0 Å². The number of anilines is 1. The smallest absolute Gasteiger partial charge is 0.228 e. The molecule has 2 aliphatic rings. The van der Waals surface area contributed by atoms with Gasteiger partial charge >= 0.3 is 0 Å². The van der Waals surface area contributed by atoms with E-state index in [-0.39, 0.29) is 11.8 Å². The standard InChI is InChI=1S/C19H29N3O2/c23-19(20-18-7-2-1-3-8-18)17-6-4-9-22(16-17)11-5-10-21-12-14-24-15-13-21/h1-3,7-8,17H,4-6,9-16H2,(H,20,23)/t17-/m0/s1. The van der Waals surface area contributed by atoms with Crippen molar-refractivity contribution in [2.45, 2.75) is 19.3 Å². The quantitative estimate of drug-likeness (QED) is 0.867. The second kappa shape index (κ2) is 9.16. The van der Waals surface area contributed by atoms with Gasteiger partial charge in [-0.25, -0.2) is 0 Å². The summed E-state index contributed by atoms with van der Waals surface area (Å²) >= 11 is 0. The summed E-state index contributed by atoms with van der Waals surface area (Å²) in [5.41, 5.74) is 0.895. The van der Waals surface area contributed by atoms with Gasteiger partial charge in [-0.1, -0.05) is 18.2 Å². The van der Waals surface area contributed by atoms with E-state index in [2.05, 4.69) is 15.1 Å². The number of carbonyl (C=O) groups excluding carboxylic acids is 1. The lowest BCUT2D eigenvalue weighted by molar-refractivity contribution is -0.121. The first-order valence-electron chi connectivity index (χ1n) is 9.19. The Morgan fingerprint density at radius 1 is 1.08 bits per heavy atom. The van der Waals surface area contributed by atoms with Crippen LogP contribution in [-0.4, -0.2) is 68.2 Å². The van der Waals surface area contributed by atoms with Crippen molar-refractivity contribution in [3.63, 3.8) is 0 Å². The summed E-state index contributed by atoms with van der Waals surface area (Å²) in [5.74, 6) is 0.279. The Kier molecular flexibility index (Phi) is 6.64. The van der Waals surface area contributed by atoms with Crippen molar-refractivity contribution in [3.8, 4) is 0 Å². The van der Waals surface area contributed by atoms with Gasteiger partial charge in [-0.15, -0.1) is 0 Å². The topological polar surface area (TPSA) is 44.8 Å². The van der Waals surface area contributed by atoms with Crippen molar-refractivity contribution in [2.24, 2.45) is 5.92 Å². The third kappa shape index (κ3) is 5.30. The maximum absolute atomic E-state index is 12.5. The fourth-order valence-electron chi connectivity index (χ4n) is 3.58. The molecular weight excluding hydrogens is 302 g/mol. The highest BCUT2D eigenvalue weighted by Crippen LogP contribution is 2.19. The van der Waals surface area contributed by atoms with Gasteiger partial charge in [0.1, 0.15) is 0 Å². The molecule has 24 heavy (non-hydrogen) atoms. The molecule has 0 radical (unpaired) electrons. The Labute approximate surface area is 145 Å². The van der Waals surface area contributed by atoms with E-state index < -0.39 is 0 Å². The Hall–Kier alpha value is -1.43. The fourth-order valence-corrected chi connectivity index (χ4v) is 3.58. The highest BCUT2D eigenvalue weighted by Gasteiger charge is 2.25. The maximum Gasteiger partial charge on any atom is 0.228 e. The van der Waals surface area contributed by atoms with Crippen LogP contribution in [0.15, 0.2) is 30.3 Å². The van der Waals surface area contributed by atoms with E-state index in [4.69, 9.17) is 4.74 Å². The number of rotatable bonds is 6.